The summed E-state index contributed by atoms with van der Waals surface area (Å²) in [7, 11) is -2.19. The molecule has 1 nitrogen and oxygen atoms in total. The molecule has 0 aliphatic heterocycles. The molecule has 0 saturated heterocycles. The van der Waals surface area contributed by atoms with Crippen molar-refractivity contribution in [3.63, 3.8) is 0 Å². The van der Waals surface area contributed by atoms with Gasteiger partial charge in [0.05, 0.1) is 5.60 Å². The van der Waals surface area contributed by atoms with Crippen LogP contribution in [0.3, 0.4) is 0 Å². The zero-order valence-corrected chi connectivity index (χ0v) is 16.2. The van der Waals surface area contributed by atoms with Gasteiger partial charge in [0.15, 0.2) is 0 Å². The van der Waals surface area contributed by atoms with Crippen LogP contribution in [0.5, 0.6) is 0 Å². The Hall–Kier alpha value is -1.38. The molecule has 4 aliphatic carbocycles. The molecule has 0 aromatic heterocycles. The van der Waals surface area contributed by atoms with E-state index in [1.165, 1.54) is 48.9 Å². The van der Waals surface area contributed by atoms with Gasteiger partial charge in [-0.05, 0) is 73.2 Å². The average Bonchev–Trinajstić information content (AvgIpc) is 2.61. The van der Waals surface area contributed by atoms with Crippen molar-refractivity contribution in [3.8, 4) is 0 Å². The summed E-state index contributed by atoms with van der Waals surface area (Å²) in [6.07, 6.45) is 8.33. The number of rotatable bonds is 4. The first kappa shape index (κ1) is 15.8. The van der Waals surface area contributed by atoms with Crippen LogP contribution in [0.15, 0.2) is 60.7 Å². The standard InChI is InChI=1S/C23H28OSi/c1-25(21-8-4-2-5-9-21,22-10-6-3-7-11-22)24-23-15-18-12-19(16-23)14-20(13-18)17-23/h2-11,18-20H,12-17H2,1H3. The first-order chi connectivity index (χ1) is 12.2. The molecule has 2 aromatic rings. The van der Waals surface area contributed by atoms with Crippen LogP contribution >= 0.6 is 0 Å². The molecule has 0 spiro atoms. The Morgan fingerprint density at radius 2 is 1.12 bits per heavy atom. The largest absolute Gasteiger partial charge is 0.403 e. The van der Waals surface area contributed by atoms with Crippen molar-refractivity contribution in [1.29, 1.82) is 0 Å². The molecule has 0 N–H and O–H groups in total. The molecule has 0 unspecified atom stereocenters. The van der Waals surface area contributed by atoms with E-state index >= 15 is 0 Å². The third-order valence-corrected chi connectivity index (χ3v) is 10.8. The van der Waals surface area contributed by atoms with Gasteiger partial charge in [0.25, 0.3) is 8.32 Å². The molecule has 130 valence electrons. The van der Waals surface area contributed by atoms with Crippen LogP contribution in [0, 0.1) is 17.8 Å². The first-order valence-corrected chi connectivity index (χ1v) is 12.4. The fourth-order valence-electron chi connectivity index (χ4n) is 6.39. The van der Waals surface area contributed by atoms with Crippen LogP contribution in [0.1, 0.15) is 38.5 Å². The second kappa shape index (κ2) is 5.82. The third kappa shape index (κ3) is 2.70. The van der Waals surface area contributed by atoms with Gasteiger partial charge in [-0.25, -0.2) is 0 Å². The number of hydrogen-bond acceptors (Lipinski definition) is 1. The van der Waals surface area contributed by atoms with E-state index < -0.39 is 8.32 Å². The Bertz CT molecular complexity index is 664. The highest BCUT2D eigenvalue weighted by molar-refractivity contribution is 6.96. The summed E-state index contributed by atoms with van der Waals surface area (Å²) in [4.78, 5) is 0. The summed E-state index contributed by atoms with van der Waals surface area (Å²) >= 11 is 0. The zero-order valence-electron chi connectivity index (χ0n) is 15.2. The fraction of sp³-hybridized carbons (Fsp3) is 0.478. The summed E-state index contributed by atoms with van der Waals surface area (Å²) in [6.45, 7) is 2.43. The lowest BCUT2D eigenvalue weighted by Gasteiger charge is -2.58. The summed E-state index contributed by atoms with van der Waals surface area (Å²) in [6, 6.07) is 22.1. The van der Waals surface area contributed by atoms with Crippen LogP contribution in [-0.4, -0.2) is 13.9 Å². The normalized spacial score (nSPS) is 33.6. The van der Waals surface area contributed by atoms with Crippen LogP contribution in [0.25, 0.3) is 0 Å². The van der Waals surface area contributed by atoms with Gasteiger partial charge < -0.3 is 4.43 Å². The Balaban J connectivity index is 1.56. The Morgan fingerprint density at radius 3 is 1.52 bits per heavy atom. The minimum absolute atomic E-state index is 0.154. The van der Waals surface area contributed by atoms with Crippen molar-refractivity contribution in [3.05, 3.63) is 60.7 Å². The van der Waals surface area contributed by atoms with Gasteiger partial charge in [-0.3, -0.25) is 0 Å². The molecule has 2 aromatic carbocycles. The predicted octanol–water partition coefficient (Wildman–Crippen LogP) is 4.36. The maximum Gasteiger partial charge on any atom is 0.253 e. The van der Waals surface area contributed by atoms with Crippen LogP contribution < -0.4 is 10.4 Å². The minimum atomic E-state index is -2.19. The molecule has 0 atom stereocenters. The molecular formula is C23H28OSi. The summed E-state index contributed by atoms with van der Waals surface area (Å²) in [5.41, 5.74) is 0.154. The molecule has 4 aliphatic rings. The van der Waals surface area contributed by atoms with Crippen molar-refractivity contribution < 1.29 is 4.43 Å². The highest BCUT2D eigenvalue weighted by Crippen LogP contribution is 2.57. The second-order valence-corrected chi connectivity index (χ2v) is 12.4. The van der Waals surface area contributed by atoms with Gasteiger partial charge in [0, 0.05) is 0 Å². The third-order valence-electron chi connectivity index (χ3n) is 7.05. The highest BCUT2D eigenvalue weighted by Gasteiger charge is 2.54. The fourth-order valence-corrected chi connectivity index (χ4v) is 9.73. The maximum atomic E-state index is 7.35. The summed E-state index contributed by atoms with van der Waals surface area (Å²) in [5, 5.41) is 2.83. The SMILES string of the molecule is C[Si](OC12CC3CC(CC(C3)C1)C2)(c1ccccc1)c1ccccc1. The van der Waals surface area contributed by atoms with Crippen molar-refractivity contribution in [2.24, 2.45) is 17.8 Å². The zero-order chi connectivity index (χ0) is 16.9. The van der Waals surface area contributed by atoms with E-state index in [1.54, 1.807) is 0 Å². The molecule has 25 heavy (non-hydrogen) atoms. The van der Waals surface area contributed by atoms with Gasteiger partial charge in [0.2, 0.25) is 0 Å². The molecule has 4 saturated carbocycles. The Kier molecular flexibility index (Phi) is 3.69. The van der Waals surface area contributed by atoms with Gasteiger partial charge in [-0.2, -0.15) is 0 Å². The van der Waals surface area contributed by atoms with E-state index in [4.69, 9.17) is 4.43 Å². The molecule has 4 bridgehead atoms. The minimum Gasteiger partial charge on any atom is -0.403 e. The van der Waals surface area contributed by atoms with E-state index in [0.29, 0.717) is 0 Å². The van der Waals surface area contributed by atoms with E-state index in [9.17, 15) is 0 Å². The van der Waals surface area contributed by atoms with Crippen LogP contribution in [0.4, 0.5) is 0 Å². The van der Waals surface area contributed by atoms with Crippen molar-refractivity contribution >= 4 is 18.7 Å². The van der Waals surface area contributed by atoms with Crippen LogP contribution in [-0.2, 0) is 4.43 Å². The summed E-state index contributed by atoms with van der Waals surface area (Å²) in [5.74, 6) is 2.78. The lowest BCUT2D eigenvalue weighted by atomic mass is 9.54. The smallest absolute Gasteiger partial charge is 0.253 e. The number of hydrogen-bond donors (Lipinski definition) is 0. The van der Waals surface area contributed by atoms with Crippen LogP contribution in [0.2, 0.25) is 6.55 Å². The van der Waals surface area contributed by atoms with Gasteiger partial charge in [-0.1, -0.05) is 60.7 Å². The lowest BCUT2D eigenvalue weighted by Crippen LogP contribution is -2.65. The molecule has 2 heteroatoms. The van der Waals surface area contributed by atoms with Crippen molar-refractivity contribution in [2.45, 2.75) is 50.7 Å². The Morgan fingerprint density at radius 1 is 0.720 bits per heavy atom. The second-order valence-electron chi connectivity index (χ2n) is 8.97. The predicted molar refractivity (Wildman–Crippen MR) is 106 cm³/mol. The quantitative estimate of drug-likeness (QED) is 0.746. The van der Waals surface area contributed by atoms with E-state index in [1.807, 2.05) is 0 Å². The molecule has 0 amide bonds. The van der Waals surface area contributed by atoms with Crippen molar-refractivity contribution in [1.82, 2.24) is 0 Å². The first-order valence-electron chi connectivity index (χ1n) is 9.96. The molecule has 6 rings (SSSR count). The van der Waals surface area contributed by atoms with E-state index in [0.717, 1.165) is 17.8 Å². The van der Waals surface area contributed by atoms with E-state index in [-0.39, 0.29) is 5.60 Å². The lowest BCUT2D eigenvalue weighted by molar-refractivity contribution is -0.111. The van der Waals surface area contributed by atoms with E-state index in [2.05, 4.69) is 67.2 Å². The van der Waals surface area contributed by atoms with Gasteiger partial charge in [0.1, 0.15) is 0 Å². The maximum absolute atomic E-state index is 7.35. The molecule has 4 fully saturated rings. The topological polar surface area (TPSA) is 9.23 Å². The summed E-state index contributed by atoms with van der Waals surface area (Å²) < 4.78 is 7.35. The molecule has 0 heterocycles. The monoisotopic (exact) mass is 348 g/mol. The highest BCUT2D eigenvalue weighted by atomic mass is 28.4. The van der Waals surface area contributed by atoms with Gasteiger partial charge >= 0.3 is 0 Å². The van der Waals surface area contributed by atoms with Gasteiger partial charge in [-0.15, -0.1) is 0 Å². The Labute approximate surface area is 152 Å². The molecule has 0 radical (unpaired) electrons. The number of benzene rings is 2. The van der Waals surface area contributed by atoms with Crippen molar-refractivity contribution in [2.75, 3.05) is 0 Å². The average molecular weight is 349 g/mol. The molecular weight excluding hydrogens is 320 g/mol.